The molecule has 1 aliphatic rings. The highest BCUT2D eigenvalue weighted by molar-refractivity contribution is 6.46. The number of rotatable bonds is 4. The predicted molar refractivity (Wildman–Crippen MR) is 99.4 cm³/mol. The van der Waals surface area contributed by atoms with Crippen LogP contribution in [0.1, 0.15) is 22.9 Å². The Hall–Kier alpha value is -3.67. The number of carbonyl (C=O) groups is 2. The highest BCUT2D eigenvalue weighted by Crippen LogP contribution is 2.40. The lowest BCUT2D eigenvalue weighted by Crippen LogP contribution is -2.29. The first-order valence-corrected chi connectivity index (χ1v) is 8.68. The Labute approximate surface area is 160 Å². The number of likely N-dealkylation sites (tertiary alicyclic amines) is 1. The van der Waals surface area contributed by atoms with Crippen LogP contribution >= 0.6 is 0 Å². The van der Waals surface area contributed by atoms with Crippen molar-refractivity contribution in [3.8, 4) is 0 Å². The van der Waals surface area contributed by atoms with Gasteiger partial charge in [0.25, 0.3) is 11.7 Å². The molecule has 4 rings (SSSR count). The van der Waals surface area contributed by atoms with Gasteiger partial charge in [0.05, 0.1) is 24.4 Å². The molecule has 3 aromatic rings. The van der Waals surface area contributed by atoms with E-state index in [1.165, 1.54) is 29.4 Å². The van der Waals surface area contributed by atoms with Crippen LogP contribution in [0.2, 0.25) is 0 Å². The van der Waals surface area contributed by atoms with Crippen molar-refractivity contribution in [2.45, 2.75) is 12.6 Å². The van der Waals surface area contributed by atoms with Gasteiger partial charge in [-0.2, -0.15) is 0 Å². The van der Waals surface area contributed by atoms with Crippen LogP contribution in [0.15, 0.2) is 83.0 Å². The molecule has 0 aliphatic carbocycles. The molecule has 2 aromatic carbocycles. The third kappa shape index (κ3) is 3.09. The molecule has 6 heteroatoms. The Kier molecular flexibility index (Phi) is 4.53. The summed E-state index contributed by atoms with van der Waals surface area (Å²) in [5.41, 5.74) is 0.719. The molecule has 1 aromatic heterocycles. The molecule has 1 amide bonds. The van der Waals surface area contributed by atoms with E-state index in [0.717, 1.165) is 0 Å². The maximum Gasteiger partial charge on any atom is 0.296 e. The smallest absolute Gasteiger partial charge is 0.296 e. The average molecular weight is 377 g/mol. The summed E-state index contributed by atoms with van der Waals surface area (Å²) in [6.45, 7) is 0.0182. The summed E-state index contributed by atoms with van der Waals surface area (Å²) in [6, 6.07) is 16.5. The van der Waals surface area contributed by atoms with Gasteiger partial charge in [-0.3, -0.25) is 9.59 Å². The number of amides is 1. The summed E-state index contributed by atoms with van der Waals surface area (Å²) in [5.74, 6) is -1.91. The molecule has 0 radical (unpaired) electrons. The van der Waals surface area contributed by atoms with Gasteiger partial charge in [0.1, 0.15) is 17.3 Å². The van der Waals surface area contributed by atoms with Crippen molar-refractivity contribution >= 4 is 17.4 Å². The second kappa shape index (κ2) is 7.15. The molecule has 1 atom stereocenters. The Bertz CT molecular complexity index is 1060. The molecule has 0 saturated carbocycles. The number of Topliss-reactive ketones (excluding diaryl/α,β-unsaturated/α-hetero) is 1. The van der Waals surface area contributed by atoms with Gasteiger partial charge in [0.2, 0.25) is 0 Å². The molecular formula is C22H16FNO4. The van der Waals surface area contributed by atoms with Crippen molar-refractivity contribution in [1.82, 2.24) is 4.90 Å². The van der Waals surface area contributed by atoms with Crippen LogP contribution in [0.4, 0.5) is 4.39 Å². The van der Waals surface area contributed by atoms with E-state index in [1.807, 2.05) is 0 Å². The normalized spacial score (nSPS) is 18.6. The number of aliphatic hydroxyl groups excluding tert-OH is 1. The van der Waals surface area contributed by atoms with E-state index in [4.69, 9.17) is 4.42 Å². The lowest BCUT2D eigenvalue weighted by Gasteiger charge is -2.24. The number of benzene rings is 2. The zero-order chi connectivity index (χ0) is 19.7. The Morgan fingerprint density at radius 2 is 1.82 bits per heavy atom. The minimum absolute atomic E-state index is 0.0182. The van der Waals surface area contributed by atoms with Crippen molar-refractivity contribution < 1.29 is 23.5 Å². The van der Waals surface area contributed by atoms with Crippen LogP contribution in [0, 0.1) is 5.82 Å². The summed E-state index contributed by atoms with van der Waals surface area (Å²) < 4.78 is 19.2. The fourth-order valence-corrected chi connectivity index (χ4v) is 3.39. The minimum Gasteiger partial charge on any atom is -0.507 e. The summed E-state index contributed by atoms with van der Waals surface area (Å²) in [7, 11) is 0. The van der Waals surface area contributed by atoms with Crippen LogP contribution in [-0.4, -0.2) is 21.7 Å². The highest BCUT2D eigenvalue weighted by Gasteiger charge is 2.46. The summed E-state index contributed by atoms with van der Waals surface area (Å²) in [5, 5.41) is 10.8. The van der Waals surface area contributed by atoms with Crippen molar-refractivity contribution in [2.75, 3.05) is 0 Å². The number of halogens is 1. The average Bonchev–Trinajstić information content (AvgIpc) is 3.30. The minimum atomic E-state index is -0.930. The van der Waals surface area contributed by atoms with Crippen molar-refractivity contribution in [3.05, 3.63) is 101 Å². The summed E-state index contributed by atoms with van der Waals surface area (Å²) in [4.78, 5) is 26.8. The monoisotopic (exact) mass is 377 g/mol. The molecule has 1 aliphatic heterocycles. The standard InChI is InChI=1S/C22H16FNO4/c23-16-9-4-8-15(12-16)19-18(20(25)14-6-2-1-3-7-14)21(26)22(27)24(19)13-17-10-5-11-28-17/h1-12,19,25H,13H2. The first kappa shape index (κ1) is 17.7. The molecular weight excluding hydrogens is 361 g/mol. The van der Waals surface area contributed by atoms with Gasteiger partial charge >= 0.3 is 0 Å². The summed E-state index contributed by atoms with van der Waals surface area (Å²) in [6.07, 6.45) is 1.47. The highest BCUT2D eigenvalue weighted by atomic mass is 19.1. The topological polar surface area (TPSA) is 70.8 Å². The van der Waals surface area contributed by atoms with Gasteiger partial charge in [-0.1, -0.05) is 42.5 Å². The molecule has 1 saturated heterocycles. The number of furan rings is 1. The van der Waals surface area contributed by atoms with E-state index in [1.54, 1.807) is 48.5 Å². The lowest BCUT2D eigenvalue weighted by atomic mass is 9.95. The number of aliphatic hydroxyl groups is 1. The third-order valence-corrected chi connectivity index (χ3v) is 4.66. The number of hydrogen-bond acceptors (Lipinski definition) is 4. The second-order valence-electron chi connectivity index (χ2n) is 6.43. The van der Waals surface area contributed by atoms with Gasteiger partial charge in [-0.25, -0.2) is 4.39 Å². The molecule has 2 heterocycles. The maximum absolute atomic E-state index is 13.9. The van der Waals surface area contributed by atoms with Gasteiger partial charge in [0, 0.05) is 5.56 Å². The van der Waals surface area contributed by atoms with Crippen LogP contribution in [-0.2, 0) is 16.1 Å². The van der Waals surface area contributed by atoms with E-state index in [9.17, 15) is 19.1 Å². The Balaban J connectivity index is 1.88. The zero-order valence-electron chi connectivity index (χ0n) is 14.7. The molecule has 1 unspecified atom stereocenters. The van der Waals surface area contributed by atoms with Gasteiger partial charge in [0.15, 0.2) is 0 Å². The van der Waals surface area contributed by atoms with Crippen LogP contribution in [0.5, 0.6) is 0 Å². The second-order valence-corrected chi connectivity index (χ2v) is 6.43. The number of nitrogens with zero attached hydrogens (tertiary/aromatic N) is 1. The summed E-state index contributed by atoms with van der Waals surface area (Å²) >= 11 is 0. The number of ketones is 1. The lowest BCUT2D eigenvalue weighted by molar-refractivity contribution is -0.140. The third-order valence-electron chi connectivity index (χ3n) is 4.66. The molecule has 28 heavy (non-hydrogen) atoms. The van der Waals surface area contributed by atoms with Crippen molar-refractivity contribution in [2.24, 2.45) is 0 Å². The molecule has 140 valence electrons. The van der Waals surface area contributed by atoms with Crippen LogP contribution in [0.25, 0.3) is 5.76 Å². The van der Waals surface area contributed by atoms with Gasteiger partial charge in [-0.15, -0.1) is 0 Å². The quantitative estimate of drug-likeness (QED) is 0.423. The SMILES string of the molecule is O=C1C(=O)N(Cc2ccco2)C(c2cccc(F)c2)C1=C(O)c1ccccc1. The predicted octanol–water partition coefficient (Wildman–Crippen LogP) is 4.04. The Morgan fingerprint density at radius 3 is 2.50 bits per heavy atom. The molecule has 1 fully saturated rings. The van der Waals surface area contributed by atoms with Crippen LogP contribution < -0.4 is 0 Å². The van der Waals surface area contributed by atoms with E-state index >= 15 is 0 Å². The first-order valence-electron chi connectivity index (χ1n) is 8.68. The number of carbonyl (C=O) groups excluding carboxylic acids is 2. The molecule has 0 bridgehead atoms. The van der Waals surface area contributed by atoms with E-state index in [0.29, 0.717) is 16.9 Å². The van der Waals surface area contributed by atoms with Crippen molar-refractivity contribution in [3.63, 3.8) is 0 Å². The van der Waals surface area contributed by atoms with E-state index in [2.05, 4.69) is 0 Å². The largest absolute Gasteiger partial charge is 0.507 e. The first-order chi connectivity index (χ1) is 13.6. The fourth-order valence-electron chi connectivity index (χ4n) is 3.39. The molecule has 5 nitrogen and oxygen atoms in total. The van der Waals surface area contributed by atoms with Crippen LogP contribution in [0.3, 0.4) is 0 Å². The van der Waals surface area contributed by atoms with Gasteiger partial charge < -0.3 is 14.4 Å². The molecule has 1 N–H and O–H groups in total. The van der Waals surface area contributed by atoms with Crippen molar-refractivity contribution in [1.29, 1.82) is 0 Å². The number of hydrogen-bond donors (Lipinski definition) is 1. The maximum atomic E-state index is 13.9. The zero-order valence-corrected chi connectivity index (χ0v) is 14.7. The van der Waals surface area contributed by atoms with Gasteiger partial charge in [-0.05, 0) is 29.8 Å². The van der Waals surface area contributed by atoms with E-state index in [-0.39, 0.29) is 17.9 Å². The van der Waals surface area contributed by atoms with E-state index < -0.39 is 23.5 Å². The fraction of sp³-hybridized carbons (Fsp3) is 0.0909. The Morgan fingerprint density at radius 1 is 1.04 bits per heavy atom. The molecule has 0 spiro atoms.